The van der Waals surface area contributed by atoms with E-state index in [0.29, 0.717) is 22.6 Å². The van der Waals surface area contributed by atoms with Crippen LogP contribution in [-0.4, -0.2) is 10.2 Å². The third kappa shape index (κ3) is 2.59. The Morgan fingerprint density at radius 3 is 2.88 bits per heavy atom. The fourth-order valence-corrected chi connectivity index (χ4v) is 2.85. The van der Waals surface area contributed by atoms with E-state index in [2.05, 4.69) is 41.6 Å². The van der Waals surface area contributed by atoms with Gasteiger partial charge in [-0.1, -0.05) is 19.9 Å². The average molecular weight is 254 g/mol. The molecule has 86 valence electrons. The molecule has 0 saturated carbocycles. The molecule has 0 aromatic carbocycles. The van der Waals surface area contributed by atoms with Gasteiger partial charge in [0.15, 0.2) is 0 Å². The van der Waals surface area contributed by atoms with Gasteiger partial charge in [-0.3, -0.25) is 0 Å². The third-order valence-corrected chi connectivity index (χ3v) is 3.77. The third-order valence-electron chi connectivity index (χ3n) is 2.59. The van der Waals surface area contributed by atoms with Crippen LogP contribution in [0.5, 0.6) is 0 Å². The van der Waals surface area contributed by atoms with Crippen LogP contribution in [0.2, 0.25) is 0 Å². The summed E-state index contributed by atoms with van der Waals surface area (Å²) in [5.41, 5.74) is 0. The van der Waals surface area contributed by atoms with E-state index < -0.39 is 0 Å². The molecule has 2 rings (SSSR count). The molecule has 1 N–H and O–H groups in total. The van der Waals surface area contributed by atoms with Crippen LogP contribution >= 0.6 is 23.6 Å². The number of aromatic amines is 1. The number of thiophene rings is 1. The van der Waals surface area contributed by atoms with Crippen molar-refractivity contribution in [2.45, 2.75) is 26.2 Å². The Hall–Kier alpha value is -0.940. The zero-order valence-electron chi connectivity index (χ0n) is 9.27. The van der Waals surface area contributed by atoms with Crippen molar-refractivity contribution in [1.29, 1.82) is 0 Å². The maximum atomic E-state index is 5.31. The first-order chi connectivity index (χ1) is 7.66. The van der Waals surface area contributed by atoms with Gasteiger partial charge in [-0.15, -0.1) is 16.4 Å². The van der Waals surface area contributed by atoms with E-state index in [9.17, 15) is 0 Å². The summed E-state index contributed by atoms with van der Waals surface area (Å²) >= 11 is 6.65. The fraction of sp³-hybridized carbons (Fsp3) is 0.455. The van der Waals surface area contributed by atoms with Crippen molar-refractivity contribution >= 4 is 23.6 Å². The molecule has 0 spiro atoms. The smallest absolute Gasteiger partial charge is 0.284 e. The van der Waals surface area contributed by atoms with E-state index in [4.69, 9.17) is 16.6 Å². The molecule has 0 bridgehead atoms. The van der Waals surface area contributed by atoms with Gasteiger partial charge in [0.05, 0.1) is 0 Å². The summed E-state index contributed by atoms with van der Waals surface area (Å²) in [6, 6.07) is 4.24. The molecule has 2 aromatic rings. The fourth-order valence-electron chi connectivity index (χ4n) is 1.70. The zero-order valence-corrected chi connectivity index (χ0v) is 10.9. The Morgan fingerprint density at radius 2 is 2.38 bits per heavy atom. The molecule has 2 aromatic heterocycles. The predicted molar refractivity (Wildman–Crippen MR) is 67.3 cm³/mol. The Labute approximate surface area is 104 Å². The summed E-state index contributed by atoms with van der Waals surface area (Å²) in [5.74, 6) is 1.69. The van der Waals surface area contributed by atoms with Gasteiger partial charge in [-0.25, -0.2) is 5.10 Å². The highest BCUT2D eigenvalue weighted by molar-refractivity contribution is 7.71. The van der Waals surface area contributed by atoms with Gasteiger partial charge in [0.2, 0.25) is 5.89 Å². The summed E-state index contributed by atoms with van der Waals surface area (Å²) in [6.45, 7) is 4.43. The molecule has 1 atom stereocenters. The molecule has 0 aliphatic heterocycles. The quantitative estimate of drug-likeness (QED) is 0.844. The first-order valence-electron chi connectivity index (χ1n) is 5.24. The van der Waals surface area contributed by atoms with Crippen molar-refractivity contribution < 1.29 is 4.42 Å². The van der Waals surface area contributed by atoms with E-state index in [1.165, 1.54) is 4.88 Å². The van der Waals surface area contributed by atoms with Gasteiger partial charge in [0, 0.05) is 17.2 Å². The van der Waals surface area contributed by atoms with Crippen LogP contribution in [0.25, 0.3) is 0 Å². The van der Waals surface area contributed by atoms with Crippen molar-refractivity contribution in [2.75, 3.05) is 0 Å². The second-order valence-electron chi connectivity index (χ2n) is 4.08. The summed E-state index contributed by atoms with van der Waals surface area (Å²) in [7, 11) is 0. The maximum Gasteiger partial charge on any atom is 0.284 e. The Bertz CT molecular complexity index is 484. The topological polar surface area (TPSA) is 41.8 Å². The SMILES string of the molecule is CC(C)C(Cc1n[nH]c(=S)o1)c1cccs1. The second-order valence-corrected chi connectivity index (χ2v) is 5.43. The van der Waals surface area contributed by atoms with Crippen molar-refractivity contribution in [3.05, 3.63) is 33.1 Å². The van der Waals surface area contributed by atoms with Crippen LogP contribution in [0.15, 0.2) is 21.9 Å². The highest BCUT2D eigenvalue weighted by atomic mass is 32.1. The van der Waals surface area contributed by atoms with Crippen LogP contribution in [0.3, 0.4) is 0 Å². The molecule has 5 heteroatoms. The van der Waals surface area contributed by atoms with E-state index in [-0.39, 0.29) is 0 Å². The number of H-pyrrole nitrogens is 1. The molecule has 0 aliphatic rings. The Kier molecular flexibility index (Phi) is 3.56. The van der Waals surface area contributed by atoms with Crippen molar-refractivity contribution in [3.63, 3.8) is 0 Å². The molecule has 1 unspecified atom stereocenters. The summed E-state index contributed by atoms with van der Waals surface area (Å²) in [6.07, 6.45) is 0.797. The van der Waals surface area contributed by atoms with Gasteiger partial charge in [0.25, 0.3) is 4.84 Å². The van der Waals surface area contributed by atoms with Crippen molar-refractivity contribution in [2.24, 2.45) is 5.92 Å². The van der Waals surface area contributed by atoms with Crippen LogP contribution in [0, 0.1) is 10.8 Å². The molecule has 16 heavy (non-hydrogen) atoms. The molecule has 3 nitrogen and oxygen atoms in total. The number of rotatable bonds is 4. The Balaban J connectivity index is 2.18. The molecular formula is C11H14N2OS2. The predicted octanol–water partition coefficient (Wildman–Crippen LogP) is 3.78. The molecular weight excluding hydrogens is 240 g/mol. The first kappa shape index (κ1) is 11.5. The monoisotopic (exact) mass is 254 g/mol. The minimum Gasteiger partial charge on any atom is -0.414 e. The lowest BCUT2D eigenvalue weighted by Crippen LogP contribution is -2.08. The highest BCUT2D eigenvalue weighted by Crippen LogP contribution is 2.30. The van der Waals surface area contributed by atoms with Gasteiger partial charge < -0.3 is 4.42 Å². The largest absolute Gasteiger partial charge is 0.414 e. The van der Waals surface area contributed by atoms with E-state index in [1.807, 2.05) is 0 Å². The van der Waals surface area contributed by atoms with Gasteiger partial charge in [0.1, 0.15) is 0 Å². The number of aromatic nitrogens is 2. The van der Waals surface area contributed by atoms with Crippen molar-refractivity contribution in [1.82, 2.24) is 10.2 Å². The van der Waals surface area contributed by atoms with Crippen LogP contribution in [-0.2, 0) is 6.42 Å². The van der Waals surface area contributed by atoms with Crippen molar-refractivity contribution in [3.8, 4) is 0 Å². The van der Waals surface area contributed by atoms with Crippen LogP contribution < -0.4 is 0 Å². The molecule has 0 amide bonds. The summed E-state index contributed by atoms with van der Waals surface area (Å²) in [4.78, 5) is 1.72. The van der Waals surface area contributed by atoms with Gasteiger partial charge >= 0.3 is 0 Å². The lowest BCUT2D eigenvalue weighted by Gasteiger charge is -2.17. The standard InChI is InChI=1S/C11H14N2OS2/c1-7(2)8(9-4-3-5-16-9)6-10-12-13-11(15)14-10/h3-5,7-8H,6H2,1-2H3,(H,13,15). The number of hydrogen-bond acceptors (Lipinski definition) is 4. The number of nitrogens with one attached hydrogen (secondary N) is 1. The van der Waals surface area contributed by atoms with Crippen LogP contribution in [0.1, 0.15) is 30.5 Å². The second kappa shape index (κ2) is 4.93. The zero-order chi connectivity index (χ0) is 11.5. The average Bonchev–Trinajstić information content (AvgIpc) is 2.84. The van der Waals surface area contributed by atoms with E-state index >= 15 is 0 Å². The molecule has 0 aliphatic carbocycles. The van der Waals surface area contributed by atoms with E-state index in [1.54, 1.807) is 11.3 Å². The highest BCUT2D eigenvalue weighted by Gasteiger charge is 2.19. The van der Waals surface area contributed by atoms with Crippen LogP contribution in [0.4, 0.5) is 0 Å². The first-order valence-corrected chi connectivity index (χ1v) is 6.53. The molecule has 0 saturated heterocycles. The normalized spacial score (nSPS) is 13.2. The van der Waals surface area contributed by atoms with E-state index in [0.717, 1.165) is 6.42 Å². The minimum atomic E-state index is 0.351. The summed E-state index contributed by atoms with van der Waals surface area (Å²) < 4.78 is 5.31. The lowest BCUT2D eigenvalue weighted by atomic mass is 9.91. The molecule has 0 radical (unpaired) electrons. The number of nitrogens with zero attached hydrogens (tertiary/aromatic N) is 1. The molecule has 2 heterocycles. The Morgan fingerprint density at radius 1 is 1.56 bits per heavy atom. The maximum absolute atomic E-state index is 5.31. The molecule has 0 fully saturated rings. The minimum absolute atomic E-state index is 0.351. The number of hydrogen-bond donors (Lipinski definition) is 1. The summed E-state index contributed by atoms with van der Waals surface area (Å²) in [5, 5.41) is 8.82. The lowest BCUT2D eigenvalue weighted by molar-refractivity contribution is 0.419. The van der Waals surface area contributed by atoms with Gasteiger partial charge in [-0.2, -0.15) is 0 Å². The van der Waals surface area contributed by atoms with Gasteiger partial charge in [-0.05, 0) is 29.6 Å².